The van der Waals surface area contributed by atoms with Gasteiger partial charge in [0.1, 0.15) is 11.5 Å². The highest BCUT2D eigenvalue weighted by Gasteiger charge is 2.05. The van der Waals surface area contributed by atoms with E-state index < -0.39 is 0 Å². The maximum Gasteiger partial charge on any atom is 0.140 e. The minimum Gasteiger partial charge on any atom is -0.429 e. The number of aryl methyl sites for hydroxylation is 1. The van der Waals surface area contributed by atoms with Crippen molar-refractivity contribution >= 4 is 25.8 Å². The van der Waals surface area contributed by atoms with Crippen molar-refractivity contribution in [2.45, 2.75) is 39.0 Å². The van der Waals surface area contributed by atoms with Gasteiger partial charge in [-0.1, -0.05) is 26.2 Å². The minimum atomic E-state index is 0.739. The van der Waals surface area contributed by atoms with E-state index in [1.54, 1.807) is 0 Å². The molecule has 0 bridgehead atoms. The Morgan fingerprint density at radius 1 is 1.06 bits per heavy atom. The molecular weight excluding hydrogens is 240 g/mol. The SMILES string of the molecule is CCCCCCc1cc(OS)ccc1OS. The standard InChI is InChI=1S/C12H18O2S2/c1-2-3-4-5-6-10-9-11(13-15)7-8-12(10)14-16/h7-9,15-16H,2-6H2,1H3. The second kappa shape index (κ2) is 7.74. The molecule has 1 aromatic rings. The number of hydrogen-bond acceptors (Lipinski definition) is 4. The van der Waals surface area contributed by atoms with Crippen molar-refractivity contribution in [3.8, 4) is 11.5 Å². The van der Waals surface area contributed by atoms with Crippen LogP contribution in [0.3, 0.4) is 0 Å². The predicted octanol–water partition coefficient (Wildman–Crippen LogP) is 4.26. The van der Waals surface area contributed by atoms with E-state index in [9.17, 15) is 0 Å². The first-order valence-corrected chi connectivity index (χ1v) is 6.30. The third-order valence-corrected chi connectivity index (χ3v) is 2.94. The van der Waals surface area contributed by atoms with Gasteiger partial charge in [-0.25, -0.2) is 0 Å². The summed E-state index contributed by atoms with van der Waals surface area (Å²) < 4.78 is 9.91. The average Bonchev–Trinajstić information content (AvgIpc) is 2.34. The third kappa shape index (κ3) is 4.18. The average molecular weight is 258 g/mol. The van der Waals surface area contributed by atoms with Crippen LogP contribution in [0.1, 0.15) is 38.2 Å². The van der Waals surface area contributed by atoms with Crippen LogP contribution in [0.5, 0.6) is 11.5 Å². The fourth-order valence-corrected chi connectivity index (χ4v) is 1.93. The molecule has 0 atom stereocenters. The van der Waals surface area contributed by atoms with Crippen molar-refractivity contribution in [3.05, 3.63) is 23.8 Å². The molecule has 0 spiro atoms. The lowest BCUT2D eigenvalue weighted by Crippen LogP contribution is -1.91. The van der Waals surface area contributed by atoms with Crippen molar-refractivity contribution in [1.82, 2.24) is 0 Å². The van der Waals surface area contributed by atoms with E-state index in [4.69, 9.17) is 8.37 Å². The summed E-state index contributed by atoms with van der Waals surface area (Å²) in [7, 11) is 0. The molecule has 0 amide bonds. The van der Waals surface area contributed by atoms with E-state index in [1.807, 2.05) is 18.2 Å². The van der Waals surface area contributed by atoms with Gasteiger partial charge >= 0.3 is 0 Å². The smallest absolute Gasteiger partial charge is 0.140 e. The van der Waals surface area contributed by atoms with E-state index in [-0.39, 0.29) is 0 Å². The van der Waals surface area contributed by atoms with E-state index in [0.717, 1.165) is 29.9 Å². The van der Waals surface area contributed by atoms with Crippen LogP contribution < -0.4 is 8.37 Å². The molecule has 0 aliphatic heterocycles. The van der Waals surface area contributed by atoms with Gasteiger partial charge in [0.15, 0.2) is 0 Å². The zero-order valence-corrected chi connectivity index (χ0v) is 11.3. The lowest BCUT2D eigenvalue weighted by molar-refractivity contribution is 0.613. The Bertz CT molecular complexity index is 316. The molecule has 0 saturated carbocycles. The van der Waals surface area contributed by atoms with Crippen molar-refractivity contribution in [2.75, 3.05) is 0 Å². The molecule has 0 fully saturated rings. The van der Waals surface area contributed by atoms with Gasteiger partial charge in [-0.05, 0) is 36.6 Å². The van der Waals surface area contributed by atoms with Crippen molar-refractivity contribution in [1.29, 1.82) is 0 Å². The van der Waals surface area contributed by atoms with Crippen molar-refractivity contribution in [2.24, 2.45) is 0 Å². The zero-order valence-electron chi connectivity index (χ0n) is 9.48. The van der Waals surface area contributed by atoms with Crippen LogP contribution in [-0.2, 0) is 6.42 Å². The Kier molecular flexibility index (Phi) is 6.57. The number of benzene rings is 1. The van der Waals surface area contributed by atoms with E-state index in [2.05, 4.69) is 32.7 Å². The summed E-state index contributed by atoms with van der Waals surface area (Å²) >= 11 is 7.63. The van der Waals surface area contributed by atoms with Gasteiger partial charge in [0.25, 0.3) is 0 Å². The Labute approximate surface area is 109 Å². The Balaban J connectivity index is 2.60. The maximum absolute atomic E-state index is 5.02. The molecule has 2 nitrogen and oxygen atoms in total. The summed E-state index contributed by atoms with van der Waals surface area (Å²) in [6, 6.07) is 5.62. The van der Waals surface area contributed by atoms with Crippen LogP contribution in [0.2, 0.25) is 0 Å². The summed E-state index contributed by atoms with van der Waals surface area (Å²) in [4.78, 5) is 0. The van der Waals surface area contributed by atoms with Crippen LogP contribution in [0.25, 0.3) is 0 Å². The molecule has 0 saturated heterocycles. The van der Waals surface area contributed by atoms with E-state index in [1.165, 1.54) is 19.3 Å². The molecule has 0 aliphatic rings. The monoisotopic (exact) mass is 258 g/mol. The summed E-state index contributed by atoms with van der Waals surface area (Å²) in [5, 5.41) is 0. The molecular formula is C12H18O2S2. The molecule has 90 valence electrons. The zero-order chi connectivity index (χ0) is 11.8. The summed E-state index contributed by atoms with van der Waals surface area (Å²) in [5.41, 5.74) is 1.12. The van der Waals surface area contributed by atoms with Gasteiger partial charge in [0, 0.05) is 25.8 Å². The Hall–Kier alpha value is -0.480. The Morgan fingerprint density at radius 3 is 2.50 bits per heavy atom. The fourth-order valence-electron chi connectivity index (χ4n) is 1.64. The lowest BCUT2D eigenvalue weighted by atomic mass is 10.1. The van der Waals surface area contributed by atoms with Crippen molar-refractivity contribution in [3.63, 3.8) is 0 Å². The topological polar surface area (TPSA) is 18.5 Å². The van der Waals surface area contributed by atoms with Crippen molar-refractivity contribution < 1.29 is 8.37 Å². The molecule has 4 heteroatoms. The third-order valence-electron chi connectivity index (χ3n) is 2.54. The summed E-state index contributed by atoms with van der Waals surface area (Å²) in [5.74, 6) is 1.54. The maximum atomic E-state index is 5.02. The van der Waals surface area contributed by atoms with Gasteiger partial charge in [0.2, 0.25) is 0 Å². The molecule has 0 radical (unpaired) electrons. The molecule has 16 heavy (non-hydrogen) atoms. The van der Waals surface area contributed by atoms with E-state index >= 15 is 0 Å². The molecule has 1 aromatic carbocycles. The second-order valence-electron chi connectivity index (χ2n) is 3.76. The molecule has 0 heterocycles. The largest absolute Gasteiger partial charge is 0.429 e. The summed E-state index contributed by atoms with van der Waals surface area (Å²) in [6.45, 7) is 2.21. The number of rotatable bonds is 7. The van der Waals surface area contributed by atoms with Gasteiger partial charge in [0.05, 0.1) is 0 Å². The molecule has 0 unspecified atom stereocenters. The van der Waals surface area contributed by atoms with Crippen LogP contribution in [-0.4, -0.2) is 0 Å². The van der Waals surface area contributed by atoms with Gasteiger partial charge in [-0.2, -0.15) is 0 Å². The highest BCUT2D eigenvalue weighted by molar-refractivity contribution is 7.75. The number of unbranched alkanes of at least 4 members (excludes halogenated alkanes) is 3. The quantitative estimate of drug-likeness (QED) is 0.432. The normalized spacial score (nSPS) is 10.2. The number of hydrogen-bond donors (Lipinski definition) is 2. The van der Waals surface area contributed by atoms with Gasteiger partial charge in [-0.15, -0.1) is 0 Å². The highest BCUT2D eigenvalue weighted by Crippen LogP contribution is 2.27. The van der Waals surface area contributed by atoms with Crippen LogP contribution in [0.4, 0.5) is 0 Å². The molecule has 0 N–H and O–H groups in total. The first kappa shape index (κ1) is 13.6. The summed E-state index contributed by atoms with van der Waals surface area (Å²) in [6.07, 6.45) is 5.92. The molecule has 0 aromatic heterocycles. The minimum absolute atomic E-state index is 0.739. The first-order valence-electron chi connectivity index (χ1n) is 5.57. The Morgan fingerprint density at radius 2 is 1.88 bits per heavy atom. The lowest BCUT2D eigenvalue weighted by Gasteiger charge is -2.08. The molecule has 0 aliphatic carbocycles. The molecule has 1 rings (SSSR count). The van der Waals surface area contributed by atoms with Crippen LogP contribution >= 0.6 is 25.8 Å². The van der Waals surface area contributed by atoms with Crippen LogP contribution in [0, 0.1) is 0 Å². The highest BCUT2D eigenvalue weighted by atomic mass is 32.1. The fraction of sp³-hybridized carbons (Fsp3) is 0.500. The van der Waals surface area contributed by atoms with Gasteiger partial charge in [-0.3, -0.25) is 0 Å². The first-order chi connectivity index (χ1) is 7.81. The second-order valence-corrected chi connectivity index (χ2v) is 4.13. The predicted molar refractivity (Wildman–Crippen MR) is 73.5 cm³/mol. The number of thiol groups is 2. The van der Waals surface area contributed by atoms with Crippen LogP contribution in [0.15, 0.2) is 18.2 Å². The van der Waals surface area contributed by atoms with Gasteiger partial charge < -0.3 is 8.37 Å². The van der Waals surface area contributed by atoms with E-state index in [0.29, 0.717) is 0 Å².